The number of aliphatic hydroxyl groups is 1. The zero-order valence-corrected chi connectivity index (χ0v) is 28.7. The third-order valence-corrected chi connectivity index (χ3v) is 10.5. The van der Waals surface area contributed by atoms with E-state index in [1.807, 2.05) is 19.9 Å². The Kier molecular flexibility index (Phi) is 12.2. The van der Waals surface area contributed by atoms with Crippen LogP contribution in [0.2, 0.25) is 0 Å². The first-order chi connectivity index (χ1) is 22.3. The molecule has 0 saturated carbocycles. The summed E-state index contributed by atoms with van der Waals surface area (Å²) >= 11 is 0. The fourth-order valence-electron chi connectivity index (χ4n) is 5.61. The molecule has 0 unspecified atom stereocenters. The van der Waals surface area contributed by atoms with Crippen LogP contribution in [-0.4, -0.2) is 91.3 Å². The Morgan fingerprint density at radius 3 is 2.53 bits per heavy atom. The van der Waals surface area contributed by atoms with E-state index >= 15 is 0 Å². The molecule has 0 aliphatic carbocycles. The highest BCUT2D eigenvalue weighted by molar-refractivity contribution is 7.89. The summed E-state index contributed by atoms with van der Waals surface area (Å²) in [6, 6.07) is 13.2. The smallest absolute Gasteiger partial charge is 0.258 e. The highest BCUT2D eigenvalue weighted by Gasteiger charge is 2.34. The minimum atomic E-state index is -3.94. The van der Waals surface area contributed by atoms with Gasteiger partial charge in [-0.3, -0.25) is 9.59 Å². The van der Waals surface area contributed by atoms with Gasteiger partial charge in [0.15, 0.2) is 5.76 Å². The molecular weight excluding hydrogens is 624 g/mol. The summed E-state index contributed by atoms with van der Waals surface area (Å²) in [5.74, 6) is -0.486. The molecule has 1 aliphatic rings. The molecular formula is C34H46N4O8S. The predicted molar refractivity (Wildman–Crippen MR) is 177 cm³/mol. The fourth-order valence-corrected chi connectivity index (χ4v) is 7.07. The number of rotatable bonds is 8. The van der Waals surface area contributed by atoms with Gasteiger partial charge in [0.1, 0.15) is 16.3 Å². The summed E-state index contributed by atoms with van der Waals surface area (Å²) < 4.78 is 46.0. The molecule has 3 aromatic rings. The lowest BCUT2D eigenvalue weighted by atomic mass is 10.0. The van der Waals surface area contributed by atoms with Crippen LogP contribution in [0.25, 0.3) is 0 Å². The highest BCUT2D eigenvalue weighted by atomic mass is 32.2. The van der Waals surface area contributed by atoms with Gasteiger partial charge in [0.2, 0.25) is 10.0 Å². The zero-order valence-electron chi connectivity index (χ0n) is 27.9. The summed E-state index contributed by atoms with van der Waals surface area (Å²) in [4.78, 5) is 28.8. The van der Waals surface area contributed by atoms with Gasteiger partial charge in [0, 0.05) is 43.9 Å². The van der Waals surface area contributed by atoms with Crippen molar-refractivity contribution in [1.29, 1.82) is 0 Å². The van der Waals surface area contributed by atoms with Gasteiger partial charge in [-0.25, -0.2) is 8.42 Å². The van der Waals surface area contributed by atoms with E-state index in [1.54, 1.807) is 68.1 Å². The predicted octanol–water partition coefficient (Wildman–Crippen LogP) is 4.66. The number of hydrogen-bond acceptors (Lipinski definition) is 9. The second-order valence-electron chi connectivity index (χ2n) is 12.3. The maximum Gasteiger partial charge on any atom is 0.258 e. The summed E-state index contributed by atoms with van der Waals surface area (Å²) in [7, 11) is -2.45. The maximum absolute atomic E-state index is 14.3. The van der Waals surface area contributed by atoms with E-state index in [1.165, 1.54) is 11.4 Å². The van der Waals surface area contributed by atoms with Crippen LogP contribution in [0.5, 0.6) is 5.75 Å². The van der Waals surface area contributed by atoms with Crippen molar-refractivity contribution in [2.24, 2.45) is 5.92 Å². The van der Waals surface area contributed by atoms with E-state index in [9.17, 15) is 23.1 Å². The van der Waals surface area contributed by atoms with E-state index in [4.69, 9.17) is 14.0 Å². The van der Waals surface area contributed by atoms with Crippen LogP contribution in [-0.2, 0) is 14.8 Å². The SMILES string of the molecule is Cc1noc(C)c1S(=O)(=O)N(C)C[C@H]1OCCCC[C@@H](C)Oc2ccc(NC(=O)c3ccccc3)cc2C(=O)N([C@H](C)CO)C[C@@H]1C. The second-order valence-corrected chi connectivity index (χ2v) is 14.3. The lowest BCUT2D eigenvalue weighted by molar-refractivity contribution is -0.00835. The van der Waals surface area contributed by atoms with Crippen molar-refractivity contribution in [3.63, 3.8) is 0 Å². The molecule has 13 heteroatoms. The Labute approximate surface area is 277 Å². The lowest BCUT2D eigenvalue weighted by Crippen LogP contribution is -2.48. The van der Waals surface area contributed by atoms with Crippen molar-refractivity contribution in [2.75, 3.05) is 38.7 Å². The van der Waals surface area contributed by atoms with Gasteiger partial charge in [-0.15, -0.1) is 0 Å². The molecule has 47 heavy (non-hydrogen) atoms. The molecule has 0 bridgehead atoms. The molecule has 4 atom stereocenters. The molecule has 4 rings (SSSR count). The molecule has 2 aromatic carbocycles. The van der Waals surface area contributed by atoms with Crippen molar-refractivity contribution in [3.8, 4) is 5.75 Å². The number of benzene rings is 2. The number of likely N-dealkylation sites (N-methyl/N-ethyl adjacent to an activating group) is 1. The Bertz CT molecular complexity index is 1610. The van der Waals surface area contributed by atoms with E-state index in [-0.39, 0.29) is 59.5 Å². The van der Waals surface area contributed by atoms with Crippen LogP contribution in [0.4, 0.5) is 5.69 Å². The number of aliphatic hydroxyl groups excluding tert-OH is 1. The Hall–Kier alpha value is -3.78. The quantitative estimate of drug-likeness (QED) is 0.349. The number of hydrogen-bond donors (Lipinski definition) is 2. The number of carbonyl (C=O) groups is 2. The molecule has 2 N–H and O–H groups in total. The van der Waals surface area contributed by atoms with Gasteiger partial charge in [0.25, 0.3) is 11.8 Å². The van der Waals surface area contributed by atoms with E-state index < -0.39 is 28.1 Å². The first-order valence-electron chi connectivity index (χ1n) is 15.9. The standard InChI is InChI=1S/C34H46N4O8S/c1-22-19-38(23(2)21-39)34(41)29-18-28(35-33(40)27-13-8-7-9-14-27)15-16-30(29)45-24(3)12-10-11-17-44-31(22)20-37(6)47(42,43)32-25(4)36-46-26(32)5/h7-9,13-16,18,22-24,31,39H,10-12,17,19-21H2,1-6H3,(H,35,40)/t22-,23+,24+,31+/m0/s1. The number of aryl methyl sites for hydroxylation is 2. The van der Waals surface area contributed by atoms with E-state index in [2.05, 4.69) is 10.5 Å². The second kappa shape index (κ2) is 15.9. The third-order valence-electron chi connectivity index (χ3n) is 8.42. The number of amides is 2. The largest absolute Gasteiger partial charge is 0.490 e. The third kappa shape index (κ3) is 8.78. The lowest BCUT2D eigenvalue weighted by Gasteiger charge is -2.35. The van der Waals surface area contributed by atoms with Crippen LogP contribution in [0, 0.1) is 19.8 Å². The summed E-state index contributed by atoms with van der Waals surface area (Å²) in [6.45, 7) is 8.97. The average Bonchev–Trinajstić information content (AvgIpc) is 3.40. The molecule has 0 saturated heterocycles. The van der Waals surface area contributed by atoms with Crippen LogP contribution >= 0.6 is 0 Å². The normalized spacial score (nSPS) is 20.6. The van der Waals surface area contributed by atoms with Crippen LogP contribution in [0.3, 0.4) is 0 Å². The molecule has 0 spiro atoms. The monoisotopic (exact) mass is 670 g/mol. The molecule has 1 aromatic heterocycles. The molecule has 0 fully saturated rings. The van der Waals surface area contributed by atoms with E-state index in [0.717, 1.165) is 12.8 Å². The topological polar surface area (TPSA) is 152 Å². The summed E-state index contributed by atoms with van der Waals surface area (Å²) in [6.07, 6.45) is 1.41. The first-order valence-corrected chi connectivity index (χ1v) is 17.4. The zero-order chi connectivity index (χ0) is 34.3. The number of sulfonamides is 1. The van der Waals surface area contributed by atoms with Crippen LogP contribution in [0.1, 0.15) is 72.2 Å². The molecule has 256 valence electrons. The minimum absolute atomic E-state index is 0.0227. The van der Waals surface area contributed by atoms with Crippen molar-refractivity contribution >= 4 is 27.5 Å². The maximum atomic E-state index is 14.3. The van der Waals surface area contributed by atoms with Crippen molar-refractivity contribution in [1.82, 2.24) is 14.4 Å². The fraction of sp³-hybridized carbons (Fsp3) is 0.500. The highest BCUT2D eigenvalue weighted by Crippen LogP contribution is 2.29. The number of carbonyl (C=O) groups excluding carboxylic acids is 2. The van der Waals surface area contributed by atoms with Crippen molar-refractivity contribution in [3.05, 3.63) is 71.1 Å². The minimum Gasteiger partial charge on any atom is -0.490 e. The number of fused-ring (bicyclic) bond motifs is 1. The summed E-state index contributed by atoms with van der Waals surface area (Å²) in [5, 5.41) is 16.9. The number of nitrogens with zero attached hydrogens (tertiary/aromatic N) is 3. The van der Waals surface area contributed by atoms with Gasteiger partial charge in [-0.2, -0.15) is 4.31 Å². The van der Waals surface area contributed by atoms with Gasteiger partial charge in [0.05, 0.1) is 30.4 Å². The summed E-state index contributed by atoms with van der Waals surface area (Å²) in [5.41, 5.74) is 1.40. The van der Waals surface area contributed by atoms with E-state index in [0.29, 0.717) is 30.0 Å². The average molecular weight is 671 g/mol. The molecule has 1 aliphatic heterocycles. The Balaban J connectivity index is 1.66. The van der Waals surface area contributed by atoms with Gasteiger partial charge in [-0.1, -0.05) is 30.3 Å². The number of aromatic nitrogens is 1. The van der Waals surface area contributed by atoms with Crippen molar-refractivity contribution in [2.45, 2.75) is 77.0 Å². The van der Waals surface area contributed by atoms with Crippen LogP contribution in [0.15, 0.2) is 57.9 Å². The van der Waals surface area contributed by atoms with Crippen LogP contribution < -0.4 is 10.1 Å². The van der Waals surface area contributed by atoms with Crippen molar-refractivity contribution < 1.29 is 37.1 Å². The number of ether oxygens (including phenoxy) is 2. The number of nitrogens with one attached hydrogen (secondary N) is 1. The number of anilines is 1. The Morgan fingerprint density at radius 2 is 1.87 bits per heavy atom. The van der Waals surface area contributed by atoms with Gasteiger partial charge < -0.3 is 29.3 Å². The van der Waals surface area contributed by atoms with Gasteiger partial charge in [-0.05, 0) is 77.3 Å². The molecule has 2 amide bonds. The van der Waals surface area contributed by atoms with Gasteiger partial charge >= 0.3 is 0 Å². The first kappa shape index (κ1) is 36.1. The molecule has 12 nitrogen and oxygen atoms in total. The Morgan fingerprint density at radius 1 is 1.15 bits per heavy atom. The molecule has 2 heterocycles. The molecule has 0 radical (unpaired) electrons.